The SMILES string of the molecule is CCCCCC/C=C\CCCCCCCC(=O)OC[C@@H](COC(=O)CCCCCCCCCCC/C=C\CCCCCCCC)OC(=O)CCCCCCCCCCCCCCCCCCCCC. The second-order valence-corrected chi connectivity index (χ2v) is 21.0. The lowest BCUT2D eigenvalue weighted by Gasteiger charge is -2.18. The number of hydrogen-bond donors (Lipinski definition) is 0. The molecule has 0 spiro atoms. The van der Waals surface area contributed by atoms with E-state index in [2.05, 4.69) is 45.1 Å². The highest BCUT2D eigenvalue weighted by molar-refractivity contribution is 5.71. The maximum Gasteiger partial charge on any atom is 0.306 e. The Labute approximate surface area is 430 Å². The van der Waals surface area contributed by atoms with Gasteiger partial charge < -0.3 is 14.2 Å². The molecule has 0 saturated carbocycles. The topological polar surface area (TPSA) is 78.9 Å². The molecule has 0 unspecified atom stereocenters. The molecule has 0 radical (unpaired) electrons. The average Bonchev–Trinajstić information content (AvgIpc) is 3.35. The van der Waals surface area contributed by atoms with E-state index in [1.54, 1.807) is 0 Å². The largest absolute Gasteiger partial charge is 0.462 e. The van der Waals surface area contributed by atoms with Gasteiger partial charge in [0.1, 0.15) is 13.2 Å². The van der Waals surface area contributed by atoms with Crippen LogP contribution in [0.4, 0.5) is 0 Å². The molecule has 0 N–H and O–H groups in total. The highest BCUT2D eigenvalue weighted by Crippen LogP contribution is 2.17. The molecule has 0 amide bonds. The van der Waals surface area contributed by atoms with Crippen LogP contribution in [0.3, 0.4) is 0 Å². The zero-order valence-electron chi connectivity index (χ0n) is 46.6. The Balaban J connectivity index is 4.30. The van der Waals surface area contributed by atoms with Crippen molar-refractivity contribution in [2.24, 2.45) is 0 Å². The number of carbonyl (C=O) groups is 3. The summed E-state index contributed by atoms with van der Waals surface area (Å²) in [7, 11) is 0. The number of rotatable bonds is 57. The Morgan fingerprint density at radius 1 is 0.275 bits per heavy atom. The van der Waals surface area contributed by atoms with Crippen molar-refractivity contribution >= 4 is 17.9 Å². The first-order valence-electron chi connectivity index (χ1n) is 30.8. The smallest absolute Gasteiger partial charge is 0.306 e. The summed E-state index contributed by atoms with van der Waals surface area (Å²) in [6.07, 6.45) is 68.9. The third-order valence-corrected chi connectivity index (χ3v) is 13.9. The molecule has 0 saturated heterocycles. The molecule has 0 heterocycles. The van der Waals surface area contributed by atoms with Crippen LogP contribution in [0.5, 0.6) is 0 Å². The number of hydrogen-bond acceptors (Lipinski definition) is 6. The molecule has 0 aromatic heterocycles. The van der Waals surface area contributed by atoms with Crippen molar-refractivity contribution < 1.29 is 28.6 Å². The summed E-state index contributed by atoms with van der Waals surface area (Å²) in [6.45, 7) is 6.67. The lowest BCUT2D eigenvalue weighted by atomic mass is 10.0. The van der Waals surface area contributed by atoms with Gasteiger partial charge in [-0.05, 0) is 70.6 Å². The number of esters is 3. The third-order valence-electron chi connectivity index (χ3n) is 13.9. The molecular weight excluding hydrogens is 853 g/mol. The fourth-order valence-corrected chi connectivity index (χ4v) is 9.26. The van der Waals surface area contributed by atoms with Gasteiger partial charge in [0.25, 0.3) is 0 Å². The van der Waals surface area contributed by atoms with E-state index in [0.717, 1.165) is 64.2 Å². The number of ether oxygens (including phenoxy) is 3. The molecule has 69 heavy (non-hydrogen) atoms. The Morgan fingerprint density at radius 3 is 0.739 bits per heavy atom. The van der Waals surface area contributed by atoms with Gasteiger partial charge in [-0.15, -0.1) is 0 Å². The molecule has 406 valence electrons. The minimum absolute atomic E-state index is 0.0703. The summed E-state index contributed by atoms with van der Waals surface area (Å²) >= 11 is 0. The zero-order chi connectivity index (χ0) is 50.0. The second-order valence-electron chi connectivity index (χ2n) is 21.0. The van der Waals surface area contributed by atoms with Crippen molar-refractivity contribution in [2.45, 2.75) is 348 Å². The molecule has 0 aromatic rings. The van der Waals surface area contributed by atoms with Gasteiger partial charge in [0.15, 0.2) is 6.10 Å². The van der Waals surface area contributed by atoms with E-state index in [-0.39, 0.29) is 31.1 Å². The van der Waals surface area contributed by atoms with Crippen LogP contribution in [0, 0.1) is 0 Å². The Kier molecular flexibility index (Phi) is 56.7. The van der Waals surface area contributed by atoms with E-state index in [1.807, 2.05) is 0 Å². The summed E-state index contributed by atoms with van der Waals surface area (Å²) in [5.41, 5.74) is 0. The number of allylic oxidation sites excluding steroid dienone is 4. The molecule has 0 bridgehead atoms. The van der Waals surface area contributed by atoms with Crippen LogP contribution >= 0.6 is 0 Å². The van der Waals surface area contributed by atoms with E-state index < -0.39 is 6.10 Å². The average molecular weight is 972 g/mol. The normalized spacial score (nSPS) is 12.1. The van der Waals surface area contributed by atoms with Gasteiger partial charge in [-0.25, -0.2) is 0 Å². The fraction of sp³-hybridized carbons (Fsp3) is 0.889. The van der Waals surface area contributed by atoms with Gasteiger partial charge >= 0.3 is 17.9 Å². The van der Waals surface area contributed by atoms with Crippen LogP contribution < -0.4 is 0 Å². The molecule has 0 fully saturated rings. The number of unbranched alkanes of at least 4 members (excludes halogenated alkanes) is 42. The summed E-state index contributed by atoms with van der Waals surface area (Å²) in [5, 5.41) is 0. The van der Waals surface area contributed by atoms with Crippen molar-refractivity contribution in [1.29, 1.82) is 0 Å². The second kappa shape index (κ2) is 58.5. The van der Waals surface area contributed by atoms with E-state index >= 15 is 0 Å². The first-order valence-corrected chi connectivity index (χ1v) is 30.8. The van der Waals surface area contributed by atoms with Crippen molar-refractivity contribution in [3.8, 4) is 0 Å². The standard InChI is InChI=1S/C63H118O6/c1-4-7-10-13-16-19-22-25-27-29-31-33-35-38-41-44-47-50-53-56-62(65)68-59-60(58-67-61(64)55-52-49-46-43-40-37-24-21-18-15-12-9-6-3)69-63(66)57-54-51-48-45-42-39-36-34-32-30-28-26-23-20-17-14-11-8-5-2/h21,24-25,27,60H,4-20,22-23,26,28-59H2,1-3H3/b24-21-,27-25-/t60-/m0/s1. The maximum absolute atomic E-state index is 12.9. The Morgan fingerprint density at radius 2 is 0.478 bits per heavy atom. The molecule has 0 aliphatic rings. The molecule has 0 aliphatic carbocycles. The monoisotopic (exact) mass is 971 g/mol. The van der Waals surface area contributed by atoms with Gasteiger partial charge in [0.05, 0.1) is 0 Å². The van der Waals surface area contributed by atoms with Gasteiger partial charge in [0.2, 0.25) is 0 Å². The first kappa shape index (κ1) is 66.9. The van der Waals surface area contributed by atoms with Crippen LogP contribution in [0.1, 0.15) is 342 Å². The molecule has 6 nitrogen and oxygen atoms in total. The summed E-state index contributed by atoms with van der Waals surface area (Å²) in [4.78, 5) is 38.2. The van der Waals surface area contributed by atoms with E-state index in [9.17, 15) is 14.4 Å². The van der Waals surface area contributed by atoms with Crippen LogP contribution in [0.2, 0.25) is 0 Å². The van der Waals surface area contributed by atoms with Crippen molar-refractivity contribution in [3.63, 3.8) is 0 Å². The fourth-order valence-electron chi connectivity index (χ4n) is 9.26. The maximum atomic E-state index is 12.9. The van der Waals surface area contributed by atoms with Gasteiger partial charge in [-0.2, -0.15) is 0 Å². The highest BCUT2D eigenvalue weighted by Gasteiger charge is 2.19. The van der Waals surface area contributed by atoms with Crippen molar-refractivity contribution in [3.05, 3.63) is 24.3 Å². The van der Waals surface area contributed by atoms with Crippen LogP contribution in [-0.4, -0.2) is 37.2 Å². The van der Waals surface area contributed by atoms with Crippen molar-refractivity contribution in [2.75, 3.05) is 13.2 Å². The molecule has 0 aliphatic heterocycles. The molecular formula is C63H118O6. The Bertz CT molecular complexity index is 1110. The Hall–Kier alpha value is -2.11. The van der Waals surface area contributed by atoms with Crippen LogP contribution in [-0.2, 0) is 28.6 Å². The zero-order valence-corrected chi connectivity index (χ0v) is 46.6. The van der Waals surface area contributed by atoms with Crippen LogP contribution in [0.25, 0.3) is 0 Å². The molecule has 0 rings (SSSR count). The summed E-state index contributed by atoms with van der Waals surface area (Å²) < 4.78 is 16.9. The summed E-state index contributed by atoms with van der Waals surface area (Å²) in [6, 6.07) is 0. The minimum atomic E-state index is -0.772. The predicted octanol–water partition coefficient (Wildman–Crippen LogP) is 20.7. The van der Waals surface area contributed by atoms with Gasteiger partial charge in [0, 0.05) is 19.3 Å². The first-order chi connectivity index (χ1) is 34.0. The molecule has 0 aromatic carbocycles. The molecule has 6 heteroatoms. The lowest BCUT2D eigenvalue weighted by Crippen LogP contribution is -2.30. The van der Waals surface area contributed by atoms with Gasteiger partial charge in [-0.3, -0.25) is 14.4 Å². The van der Waals surface area contributed by atoms with E-state index in [0.29, 0.717) is 19.3 Å². The van der Waals surface area contributed by atoms with E-state index in [1.165, 1.54) is 238 Å². The van der Waals surface area contributed by atoms with Crippen molar-refractivity contribution in [1.82, 2.24) is 0 Å². The highest BCUT2D eigenvalue weighted by atomic mass is 16.6. The van der Waals surface area contributed by atoms with E-state index in [4.69, 9.17) is 14.2 Å². The quantitative estimate of drug-likeness (QED) is 0.0261. The summed E-state index contributed by atoms with van der Waals surface area (Å²) in [5.74, 6) is -0.857. The lowest BCUT2D eigenvalue weighted by molar-refractivity contribution is -0.167. The van der Waals surface area contributed by atoms with Crippen LogP contribution in [0.15, 0.2) is 24.3 Å². The number of carbonyl (C=O) groups excluding carboxylic acids is 3. The predicted molar refractivity (Wildman–Crippen MR) is 298 cm³/mol. The van der Waals surface area contributed by atoms with Gasteiger partial charge in [-0.1, -0.05) is 276 Å². The third kappa shape index (κ3) is 56.7. The minimum Gasteiger partial charge on any atom is -0.462 e. The molecule has 1 atom stereocenters.